The maximum absolute atomic E-state index is 14.3. The van der Waals surface area contributed by atoms with E-state index in [1.807, 2.05) is 13.0 Å². The topological polar surface area (TPSA) is 104 Å². The van der Waals surface area contributed by atoms with Gasteiger partial charge in [-0.1, -0.05) is 46.3 Å². The van der Waals surface area contributed by atoms with E-state index in [2.05, 4.69) is 27.7 Å². The smallest absolute Gasteiger partial charge is 0.312 e. The van der Waals surface area contributed by atoms with Gasteiger partial charge in [0.05, 0.1) is 18.1 Å². The number of rotatable bonds is 1. The van der Waals surface area contributed by atoms with Crippen LogP contribution in [0.15, 0.2) is 23.3 Å². The summed E-state index contributed by atoms with van der Waals surface area (Å²) < 4.78 is 5.38. The molecule has 0 aromatic rings. The molecule has 37 heavy (non-hydrogen) atoms. The van der Waals surface area contributed by atoms with Gasteiger partial charge in [0.25, 0.3) is 0 Å². The zero-order valence-corrected chi connectivity index (χ0v) is 23.4. The van der Waals surface area contributed by atoms with Gasteiger partial charge in [0.15, 0.2) is 5.78 Å². The highest BCUT2D eigenvalue weighted by molar-refractivity contribution is 6.06. The molecule has 0 heterocycles. The Morgan fingerprint density at radius 3 is 2.32 bits per heavy atom. The molecule has 3 fully saturated rings. The molecular weight excluding hydrogens is 466 g/mol. The highest BCUT2D eigenvalue weighted by Crippen LogP contribution is 2.74. The molecule has 3 saturated carbocycles. The molecular formula is C31H41NO5. The van der Waals surface area contributed by atoms with Gasteiger partial charge in [0.1, 0.15) is 11.7 Å². The van der Waals surface area contributed by atoms with Crippen LogP contribution >= 0.6 is 0 Å². The molecule has 5 aliphatic carbocycles. The standard InChI is InChI=1S/C31H41NO5/c1-26(2)10-12-31(25(35)37-7)13-11-29(5)23(19(31)16-26)20(33)14-22-27(3)15-18(17-32)24(34)30(6,36)21(27)8-9-28(22,29)4/h14-15,19,21,23,36H,8-13,16H2,1-7H3/t19-,21?,23?,27+,28-,29-,30+,31+/m1/s1. The van der Waals surface area contributed by atoms with E-state index in [1.165, 1.54) is 14.0 Å². The first-order valence-electron chi connectivity index (χ1n) is 13.8. The number of carbonyl (C=O) groups excluding carboxylic acids is 3. The Labute approximate surface area is 220 Å². The number of nitrogens with zero attached hydrogens (tertiary/aromatic N) is 1. The highest BCUT2D eigenvalue weighted by Gasteiger charge is 2.71. The molecule has 6 heteroatoms. The second-order valence-electron chi connectivity index (χ2n) is 14.3. The minimum Gasteiger partial charge on any atom is -0.469 e. The van der Waals surface area contributed by atoms with Crippen LogP contribution in [0, 0.1) is 56.2 Å². The number of fused-ring (bicyclic) bond motifs is 7. The molecule has 0 spiro atoms. The molecule has 0 bridgehead atoms. The lowest BCUT2D eigenvalue weighted by Gasteiger charge is -2.68. The number of hydrogen-bond donors (Lipinski definition) is 1. The third-order valence-corrected chi connectivity index (χ3v) is 12.1. The summed E-state index contributed by atoms with van der Waals surface area (Å²) >= 11 is 0. The van der Waals surface area contributed by atoms with Crippen LogP contribution in [0.3, 0.4) is 0 Å². The van der Waals surface area contributed by atoms with Crippen molar-refractivity contribution in [3.05, 3.63) is 23.3 Å². The van der Waals surface area contributed by atoms with Crippen molar-refractivity contribution in [2.75, 3.05) is 7.11 Å². The number of ketones is 2. The normalized spacial score (nSPS) is 48.2. The Hall–Kier alpha value is -2.26. The number of allylic oxidation sites excluding steroid dienone is 3. The van der Waals surface area contributed by atoms with Crippen molar-refractivity contribution in [2.45, 2.75) is 92.1 Å². The Morgan fingerprint density at radius 1 is 1.05 bits per heavy atom. The van der Waals surface area contributed by atoms with Crippen LogP contribution in [0.4, 0.5) is 0 Å². The molecule has 200 valence electrons. The van der Waals surface area contributed by atoms with Gasteiger partial charge in [0, 0.05) is 17.3 Å². The molecule has 0 radical (unpaired) electrons. The summed E-state index contributed by atoms with van der Waals surface area (Å²) in [7, 11) is 1.46. The van der Waals surface area contributed by atoms with E-state index in [4.69, 9.17) is 4.74 Å². The molecule has 5 aliphatic rings. The van der Waals surface area contributed by atoms with Crippen molar-refractivity contribution in [3.63, 3.8) is 0 Å². The predicted molar refractivity (Wildman–Crippen MR) is 138 cm³/mol. The van der Waals surface area contributed by atoms with E-state index in [0.29, 0.717) is 12.8 Å². The molecule has 5 rings (SSSR count). The number of methoxy groups -OCH3 is 1. The molecule has 6 nitrogen and oxygen atoms in total. The molecule has 1 N–H and O–H groups in total. The van der Waals surface area contributed by atoms with Crippen LogP contribution < -0.4 is 0 Å². The molecule has 8 atom stereocenters. The first kappa shape index (κ1) is 26.4. The SMILES string of the molecule is COC(=O)[C@]12CCC(C)(C)C[C@@H]1C1C(=O)C=C3[C@@]4(C)C=C(C#N)C(=O)[C@@](C)(O)C4CC[C@@]3(C)[C@]1(C)CC2. The molecule has 0 amide bonds. The summed E-state index contributed by atoms with van der Waals surface area (Å²) in [6, 6.07) is 2.01. The first-order valence-corrected chi connectivity index (χ1v) is 13.8. The zero-order valence-electron chi connectivity index (χ0n) is 23.4. The zero-order chi connectivity index (χ0) is 27.4. The monoisotopic (exact) mass is 507 g/mol. The van der Waals surface area contributed by atoms with Crippen molar-refractivity contribution in [1.82, 2.24) is 0 Å². The largest absolute Gasteiger partial charge is 0.469 e. The van der Waals surface area contributed by atoms with Crippen molar-refractivity contribution in [3.8, 4) is 6.07 Å². The molecule has 0 aromatic carbocycles. The third kappa shape index (κ3) is 3.10. The van der Waals surface area contributed by atoms with Gasteiger partial charge < -0.3 is 9.84 Å². The molecule has 0 aliphatic heterocycles. The van der Waals surface area contributed by atoms with Crippen LogP contribution in [0.5, 0.6) is 0 Å². The average Bonchev–Trinajstić information content (AvgIpc) is 2.82. The van der Waals surface area contributed by atoms with Crippen LogP contribution in [0.1, 0.15) is 86.5 Å². The number of carbonyl (C=O) groups is 3. The Kier molecular flexibility index (Phi) is 5.45. The maximum Gasteiger partial charge on any atom is 0.312 e. The fraction of sp³-hybridized carbons (Fsp3) is 0.742. The second kappa shape index (κ2) is 7.65. The summed E-state index contributed by atoms with van der Waals surface area (Å²) in [6.07, 6.45) is 8.76. The van der Waals surface area contributed by atoms with Crippen molar-refractivity contribution >= 4 is 17.5 Å². The fourth-order valence-electron chi connectivity index (χ4n) is 9.87. The van der Waals surface area contributed by atoms with Crippen molar-refractivity contribution in [2.24, 2.45) is 44.8 Å². The predicted octanol–water partition coefficient (Wildman–Crippen LogP) is 5.10. The van der Waals surface area contributed by atoms with Crippen LogP contribution in [0.2, 0.25) is 0 Å². The minimum absolute atomic E-state index is 0.0299. The van der Waals surface area contributed by atoms with Crippen molar-refractivity contribution < 1.29 is 24.2 Å². The fourth-order valence-corrected chi connectivity index (χ4v) is 9.87. The van der Waals surface area contributed by atoms with Gasteiger partial charge in [-0.2, -0.15) is 5.26 Å². The third-order valence-electron chi connectivity index (χ3n) is 12.1. The van der Waals surface area contributed by atoms with Crippen LogP contribution in [0.25, 0.3) is 0 Å². The van der Waals surface area contributed by atoms with E-state index in [0.717, 1.165) is 37.7 Å². The number of nitriles is 1. The van der Waals surface area contributed by atoms with Gasteiger partial charge in [-0.05, 0) is 80.1 Å². The lowest BCUT2D eigenvalue weighted by atomic mass is 9.34. The van der Waals surface area contributed by atoms with Crippen molar-refractivity contribution in [1.29, 1.82) is 5.26 Å². The summed E-state index contributed by atoms with van der Waals surface area (Å²) in [5.74, 6) is -1.49. The summed E-state index contributed by atoms with van der Waals surface area (Å²) in [6.45, 7) is 12.5. The maximum atomic E-state index is 14.3. The van der Waals surface area contributed by atoms with Gasteiger partial charge in [-0.15, -0.1) is 0 Å². The number of esters is 1. The molecule has 0 aromatic heterocycles. The number of aliphatic hydroxyl groups is 1. The molecule has 0 saturated heterocycles. The Balaban J connectivity index is 1.71. The highest BCUT2D eigenvalue weighted by atomic mass is 16.5. The molecule has 2 unspecified atom stereocenters. The van der Waals surface area contributed by atoms with E-state index < -0.39 is 33.5 Å². The Bertz CT molecular complexity index is 1200. The van der Waals surface area contributed by atoms with Gasteiger partial charge in [0.2, 0.25) is 5.78 Å². The summed E-state index contributed by atoms with van der Waals surface area (Å²) in [5.41, 5.74) is -2.94. The summed E-state index contributed by atoms with van der Waals surface area (Å²) in [4.78, 5) is 40.6. The minimum atomic E-state index is -1.67. The van der Waals surface area contributed by atoms with E-state index in [-0.39, 0.29) is 40.0 Å². The van der Waals surface area contributed by atoms with Crippen LogP contribution in [-0.2, 0) is 19.1 Å². The van der Waals surface area contributed by atoms with E-state index >= 15 is 0 Å². The number of Topliss-reactive ketones (excluding diaryl/α,β-unsaturated/α-hetero) is 1. The van der Waals surface area contributed by atoms with Gasteiger partial charge >= 0.3 is 5.97 Å². The average molecular weight is 508 g/mol. The quantitative estimate of drug-likeness (QED) is 0.495. The second-order valence-corrected chi connectivity index (χ2v) is 14.3. The van der Waals surface area contributed by atoms with Gasteiger partial charge in [-0.3, -0.25) is 14.4 Å². The Morgan fingerprint density at radius 2 is 1.70 bits per heavy atom. The van der Waals surface area contributed by atoms with E-state index in [1.54, 1.807) is 12.2 Å². The number of ether oxygens (including phenoxy) is 1. The summed E-state index contributed by atoms with van der Waals surface area (Å²) in [5, 5.41) is 21.1. The van der Waals surface area contributed by atoms with Gasteiger partial charge in [-0.25, -0.2) is 0 Å². The lowest BCUT2D eigenvalue weighted by Crippen LogP contribution is -2.66. The first-order chi connectivity index (χ1) is 17.0. The number of hydrogen-bond acceptors (Lipinski definition) is 6. The van der Waals surface area contributed by atoms with Crippen LogP contribution in [-0.4, -0.2) is 35.4 Å². The van der Waals surface area contributed by atoms with E-state index in [9.17, 15) is 24.8 Å². The lowest BCUT2D eigenvalue weighted by molar-refractivity contribution is -0.192.